The van der Waals surface area contributed by atoms with E-state index in [0.29, 0.717) is 18.5 Å². The smallest absolute Gasteiger partial charge is 0.248 e. The highest BCUT2D eigenvalue weighted by molar-refractivity contribution is 8.02. The van der Waals surface area contributed by atoms with Crippen LogP contribution in [0.1, 0.15) is 29.5 Å². The maximum absolute atomic E-state index is 14.5. The van der Waals surface area contributed by atoms with Gasteiger partial charge in [0.25, 0.3) is 0 Å². The van der Waals surface area contributed by atoms with Crippen molar-refractivity contribution in [3.05, 3.63) is 95.6 Å². The fraction of sp³-hybridized carbons (Fsp3) is 0.364. The third-order valence-corrected chi connectivity index (χ3v) is 10.9. The second-order valence-electron chi connectivity index (χ2n) is 11.4. The Morgan fingerprint density at radius 1 is 0.951 bits per heavy atom. The van der Waals surface area contributed by atoms with Gasteiger partial charge in [0.2, 0.25) is 17.7 Å². The molecule has 3 aliphatic rings. The molecule has 0 aliphatic carbocycles. The molecule has 3 aliphatic heterocycles. The van der Waals surface area contributed by atoms with Gasteiger partial charge in [-0.25, -0.2) is 0 Å². The van der Waals surface area contributed by atoms with E-state index in [2.05, 4.69) is 10.6 Å². The molecule has 2 unspecified atom stereocenters. The maximum Gasteiger partial charge on any atom is 0.248 e. The van der Waals surface area contributed by atoms with E-state index in [-0.39, 0.29) is 29.6 Å². The van der Waals surface area contributed by atoms with Crippen LogP contribution >= 0.6 is 11.8 Å². The van der Waals surface area contributed by atoms with Gasteiger partial charge in [0, 0.05) is 16.6 Å². The molecule has 0 radical (unpaired) electrons. The summed E-state index contributed by atoms with van der Waals surface area (Å²) >= 11 is 1.63. The Kier molecular flexibility index (Phi) is 7.38. The molecule has 0 aromatic heterocycles. The molecule has 6 rings (SSSR count). The normalized spacial score (nSPS) is 27.0. The standard InChI is InChI=1S/C33H35N3O4S/c1-20-10-9-11-21(2)28(20)35-31(39)29-33-17-16-25(41-33)26(30(38)34-23-14-7-4-8-15-23)27(33)32(40)36(29)24(19-37)18-22-12-5-3-6-13-22/h3-15,24-27,29,37H,16-19H2,1-2H3,(H,34,38)(H,35,39)/t24-,25+,26-,27+,29?,33?/m1/s1. The average molecular weight is 570 g/mol. The van der Waals surface area contributed by atoms with E-state index >= 15 is 0 Å². The largest absolute Gasteiger partial charge is 0.394 e. The zero-order chi connectivity index (χ0) is 28.7. The Balaban J connectivity index is 1.39. The minimum Gasteiger partial charge on any atom is -0.394 e. The molecule has 3 aromatic carbocycles. The van der Waals surface area contributed by atoms with Crippen LogP contribution in [0.25, 0.3) is 0 Å². The summed E-state index contributed by atoms with van der Waals surface area (Å²) in [6.45, 7) is 3.62. The molecule has 6 atom stereocenters. The lowest BCUT2D eigenvalue weighted by Crippen LogP contribution is -2.55. The summed E-state index contributed by atoms with van der Waals surface area (Å²) in [6.07, 6.45) is 1.83. The molecule has 1 spiro atoms. The van der Waals surface area contributed by atoms with Crippen molar-refractivity contribution in [1.29, 1.82) is 0 Å². The number of hydrogen-bond acceptors (Lipinski definition) is 5. The van der Waals surface area contributed by atoms with Crippen molar-refractivity contribution in [2.75, 3.05) is 17.2 Å². The predicted molar refractivity (Wildman–Crippen MR) is 162 cm³/mol. The van der Waals surface area contributed by atoms with Crippen LogP contribution in [0.3, 0.4) is 0 Å². The maximum atomic E-state index is 14.5. The first-order chi connectivity index (χ1) is 19.8. The summed E-state index contributed by atoms with van der Waals surface area (Å²) in [5.41, 5.74) is 4.27. The second-order valence-corrected chi connectivity index (χ2v) is 13.0. The number of hydrogen-bond donors (Lipinski definition) is 3. The number of aliphatic hydroxyl groups is 1. The van der Waals surface area contributed by atoms with Crippen LogP contribution < -0.4 is 10.6 Å². The quantitative estimate of drug-likeness (QED) is 0.369. The van der Waals surface area contributed by atoms with Gasteiger partial charge in [-0.1, -0.05) is 66.7 Å². The predicted octanol–water partition coefficient (Wildman–Crippen LogP) is 4.58. The van der Waals surface area contributed by atoms with Crippen LogP contribution in [-0.4, -0.2) is 56.4 Å². The van der Waals surface area contributed by atoms with Gasteiger partial charge in [-0.3, -0.25) is 14.4 Å². The molecule has 3 aromatic rings. The summed E-state index contributed by atoms with van der Waals surface area (Å²) in [6, 6.07) is 23.4. The van der Waals surface area contributed by atoms with Crippen LogP contribution in [0.15, 0.2) is 78.9 Å². The lowest BCUT2D eigenvalue weighted by atomic mass is 9.70. The van der Waals surface area contributed by atoms with Gasteiger partial charge in [-0.2, -0.15) is 0 Å². The van der Waals surface area contributed by atoms with Gasteiger partial charge in [0.15, 0.2) is 0 Å². The molecule has 7 nitrogen and oxygen atoms in total. The van der Waals surface area contributed by atoms with E-state index in [1.54, 1.807) is 16.7 Å². The summed E-state index contributed by atoms with van der Waals surface area (Å²) in [7, 11) is 0. The van der Waals surface area contributed by atoms with Crippen molar-refractivity contribution in [2.45, 2.75) is 55.2 Å². The lowest BCUT2D eigenvalue weighted by Gasteiger charge is -2.37. The molecule has 41 heavy (non-hydrogen) atoms. The highest BCUT2D eigenvalue weighted by atomic mass is 32.2. The van der Waals surface area contributed by atoms with E-state index in [9.17, 15) is 19.5 Å². The van der Waals surface area contributed by atoms with Crippen LogP contribution in [0.2, 0.25) is 0 Å². The number of anilines is 2. The SMILES string of the molecule is Cc1cccc(C)c1NC(=O)C1N([C@@H](CO)Cc2ccccc2)C(=O)[C@@H]2[C@H](C(=O)Nc3ccccc3)[C@@H]3CCC12S3. The number of amides is 3. The van der Waals surface area contributed by atoms with Gasteiger partial charge in [0.05, 0.1) is 29.2 Å². The number of likely N-dealkylation sites (tertiary alicyclic amines) is 1. The summed E-state index contributed by atoms with van der Waals surface area (Å²) in [5.74, 6) is -1.87. The molecule has 0 saturated carbocycles. The zero-order valence-electron chi connectivity index (χ0n) is 23.2. The van der Waals surface area contributed by atoms with E-state index in [4.69, 9.17) is 0 Å². The summed E-state index contributed by atoms with van der Waals surface area (Å²) in [4.78, 5) is 44.2. The molecular weight excluding hydrogens is 534 g/mol. The minimum atomic E-state index is -0.815. The number of fused-ring (bicyclic) bond motifs is 1. The van der Waals surface area contributed by atoms with Gasteiger partial charge in [-0.15, -0.1) is 11.8 Å². The Morgan fingerprint density at radius 3 is 2.27 bits per heavy atom. The number of nitrogens with one attached hydrogen (secondary N) is 2. The Morgan fingerprint density at radius 2 is 1.61 bits per heavy atom. The van der Waals surface area contributed by atoms with Crippen LogP contribution in [0, 0.1) is 25.7 Å². The van der Waals surface area contributed by atoms with Crippen molar-refractivity contribution in [2.24, 2.45) is 11.8 Å². The monoisotopic (exact) mass is 569 g/mol. The molecule has 2 bridgehead atoms. The number of rotatable bonds is 8. The first-order valence-corrected chi connectivity index (χ1v) is 15.1. The number of carbonyl (C=O) groups is 3. The summed E-state index contributed by atoms with van der Waals surface area (Å²) < 4.78 is -0.745. The molecular formula is C33H35N3O4S. The topological polar surface area (TPSA) is 98.7 Å². The average Bonchev–Trinajstić information content (AvgIpc) is 3.62. The van der Waals surface area contributed by atoms with Gasteiger partial charge < -0.3 is 20.6 Å². The number of benzene rings is 3. The number of nitrogens with zero attached hydrogens (tertiary/aromatic N) is 1. The van der Waals surface area contributed by atoms with Crippen molar-refractivity contribution >= 4 is 40.9 Å². The van der Waals surface area contributed by atoms with Gasteiger partial charge in [0.1, 0.15) is 6.04 Å². The lowest BCUT2D eigenvalue weighted by molar-refractivity contribution is -0.141. The van der Waals surface area contributed by atoms with Crippen LogP contribution in [0.4, 0.5) is 11.4 Å². The fourth-order valence-corrected chi connectivity index (χ4v) is 9.38. The second kappa shape index (κ2) is 11.0. The van der Waals surface area contributed by atoms with E-state index < -0.39 is 28.7 Å². The summed E-state index contributed by atoms with van der Waals surface area (Å²) in [5, 5.41) is 16.8. The first-order valence-electron chi connectivity index (χ1n) is 14.2. The van der Waals surface area contributed by atoms with Crippen molar-refractivity contribution in [1.82, 2.24) is 4.90 Å². The van der Waals surface area contributed by atoms with Gasteiger partial charge >= 0.3 is 0 Å². The van der Waals surface area contributed by atoms with E-state index in [1.807, 2.05) is 92.7 Å². The number of carbonyl (C=O) groups excluding carboxylic acids is 3. The number of aliphatic hydroxyl groups excluding tert-OH is 1. The highest BCUT2D eigenvalue weighted by Crippen LogP contribution is 2.66. The molecule has 3 N–H and O–H groups in total. The number of para-hydroxylation sites is 2. The van der Waals surface area contributed by atoms with E-state index in [1.165, 1.54) is 0 Å². The third kappa shape index (κ3) is 4.73. The third-order valence-electron chi connectivity index (χ3n) is 8.98. The van der Waals surface area contributed by atoms with Crippen molar-refractivity contribution < 1.29 is 19.5 Å². The molecule has 3 amide bonds. The van der Waals surface area contributed by atoms with Gasteiger partial charge in [-0.05, 0) is 61.9 Å². The van der Waals surface area contributed by atoms with Crippen molar-refractivity contribution in [3.63, 3.8) is 0 Å². The van der Waals surface area contributed by atoms with E-state index in [0.717, 1.165) is 28.8 Å². The molecule has 8 heteroatoms. The van der Waals surface area contributed by atoms with Crippen molar-refractivity contribution in [3.8, 4) is 0 Å². The zero-order valence-corrected chi connectivity index (χ0v) is 24.1. The molecule has 3 fully saturated rings. The van der Waals surface area contributed by atoms with Crippen LogP contribution in [0.5, 0.6) is 0 Å². The molecule has 3 heterocycles. The number of thioether (sulfide) groups is 1. The highest BCUT2D eigenvalue weighted by Gasteiger charge is 2.74. The molecule has 212 valence electrons. The minimum absolute atomic E-state index is 0.0491. The molecule has 3 saturated heterocycles. The Hall–Kier alpha value is -3.62. The first kappa shape index (κ1) is 27.5. The Bertz CT molecular complexity index is 1450. The van der Waals surface area contributed by atoms with Crippen LogP contribution in [-0.2, 0) is 20.8 Å². The fourth-order valence-electron chi connectivity index (χ4n) is 7.17. The number of aryl methyl sites for hydroxylation is 2. The Labute approximate surface area is 244 Å².